The first kappa shape index (κ1) is 31.5. The summed E-state index contributed by atoms with van der Waals surface area (Å²) in [6.45, 7) is 11.4. The highest BCUT2D eigenvalue weighted by Crippen LogP contribution is 2.25. The van der Waals surface area contributed by atoms with E-state index in [1.807, 2.05) is 102 Å². The van der Waals surface area contributed by atoms with Crippen LogP contribution >= 0.6 is 45.2 Å². The molecule has 0 aliphatic carbocycles. The van der Waals surface area contributed by atoms with Crippen LogP contribution in [0.1, 0.15) is 52.7 Å². The van der Waals surface area contributed by atoms with E-state index >= 15 is 0 Å². The Hall–Kier alpha value is -3.00. The first-order valence-corrected chi connectivity index (χ1v) is 14.7. The molecule has 0 N–H and O–H groups in total. The predicted molar refractivity (Wildman–Crippen MR) is 176 cm³/mol. The third-order valence-corrected chi connectivity index (χ3v) is 6.80. The summed E-state index contributed by atoms with van der Waals surface area (Å²) >= 11 is 4.50. The maximum Gasteiger partial charge on any atom is 0.186 e. The van der Waals surface area contributed by atoms with Crippen molar-refractivity contribution in [3.05, 3.63) is 92.1 Å². The van der Waals surface area contributed by atoms with Crippen LogP contribution < -0.4 is 0 Å². The molecule has 0 spiro atoms. The van der Waals surface area contributed by atoms with E-state index < -0.39 is 10.8 Å². The van der Waals surface area contributed by atoms with Crippen LogP contribution in [0.3, 0.4) is 0 Å². The van der Waals surface area contributed by atoms with Crippen molar-refractivity contribution >= 4 is 80.3 Å². The third kappa shape index (κ3) is 9.01. The van der Waals surface area contributed by atoms with Crippen LogP contribution in [0, 0.1) is 18.0 Å². The second-order valence-electron chi connectivity index (χ2n) is 11.0. The summed E-state index contributed by atoms with van der Waals surface area (Å²) in [4.78, 5) is 33.0. The van der Waals surface area contributed by atoms with Crippen LogP contribution in [0.25, 0.3) is 23.5 Å². The number of hydrogen-bond donors (Lipinski definition) is 0. The SMILES string of the molecule is CC(C)(C)C(=O)/C(=C/c1cccc(I)c1)n1cncn1.CC(C)(C)C(=O)/C(=C\c1cccc(I)c1)n1cncn1. The molecule has 2 aromatic heterocycles. The number of ketones is 2. The van der Waals surface area contributed by atoms with Gasteiger partial charge in [-0.05, 0) is 92.7 Å². The largest absolute Gasteiger partial charge is 0.292 e. The number of benzene rings is 2. The molecule has 2 heterocycles. The first-order chi connectivity index (χ1) is 18.8. The highest BCUT2D eigenvalue weighted by Gasteiger charge is 2.27. The summed E-state index contributed by atoms with van der Waals surface area (Å²) in [5, 5.41) is 8.17. The zero-order chi connectivity index (χ0) is 29.5. The van der Waals surface area contributed by atoms with Crippen LogP contribution in [-0.4, -0.2) is 41.1 Å². The van der Waals surface area contributed by atoms with Gasteiger partial charge >= 0.3 is 0 Å². The molecule has 40 heavy (non-hydrogen) atoms. The number of aromatic nitrogens is 6. The quantitative estimate of drug-likeness (QED) is 0.155. The minimum atomic E-state index is -0.473. The number of carbonyl (C=O) groups is 2. The first-order valence-electron chi connectivity index (χ1n) is 12.5. The zero-order valence-corrected chi connectivity index (χ0v) is 27.7. The Morgan fingerprint density at radius 1 is 0.675 bits per heavy atom. The van der Waals surface area contributed by atoms with Crippen molar-refractivity contribution in [3.63, 3.8) is 0 Å². The van der Waals surface area contributed by atoms with E-state index in [9.17, 15) is 9.59 Å². The van der Waals surface area contributed by atoms with Gasteiger partial charge < -0.3 is 0 Å². The molecule has 0 aliphatic heterocycles. The van der Waals surface area contributed by atoms with Gasteiger partial charge in [0.05, 0.1) is 0 Å². The molecule has 0 bridgehead atoms. The lowest BCUT2D eigenvalue weighted by Gasteiger charge is -2.18. The van der Waals surface area contributed by atoms with Gasteiger partial charge in [0.2, 0.25) is 0 Å². The standard InChI is InChI=1S/2C15H16IN3O/c2*1-15(2,3)14(20)13(19-10-17-9-18-19)8-11-5-4-6-12(16)7-11/h2*4-10H,1-3H3/b13-8+;13-8-. The molecule has 0 amide bonds. The zero-order valence-electron chi connectivity index (χ0n) is 23.3. The summed E-state index contributed by atoms with van der Waals surface area (Å²) in [6, 6.07) is 15.9. The molecular formula is C30H32I2N6O2. The van der Waals surface area contributed by atoms with E-state index in [2.05, 4.69) is 65.3 Å². The second kappa shape index (κ2) is 13.6. The Kier molecular flexibility index (Phi) is 10.7. The number of Topliss-reactive ketones (excluding diaryl/α,β-unsaturated/α-hetero) is 2. The molecule has 0 atom stereocenters. The highest BCUT2D eigenvalue weighted by atomic mass is 127. The average molecular weight is 762 g/mol. The molecule has 0 unspecified atom stereocenters. The maximum absolute atomic E-state index is 12.6. The van der Waals surface area contributed by atoms with Gasteiger partial charge in [0.25, 0.3) is 0 Å². The van der Waals surface area contributed by atoms with Gasteiger partial charge in [-0.15, -0.1) is 0 Å². The number of nitrogens with zero attached hydrogens (tertiary/aromatic N) is 6. The number of halogens is 2. The Morgan fingerprint density at radius 2 is 1.05 bits per heavy atom. The maximum atomic E-state index is 12.6. The van der Waals surface area contributed by atoms with Gasteiger partial charge in [0.1, 0.15) is 36.7 Å². The summed E-state index contributed by atoms with van der Waals surface area (Å²) in [5.74, 6) is 0.0590. The highest BCUT2D eigenvalue weighted by molar-refractivity contribution is 14.1. The van der Waals surface area contributed by atoms with Crippen molar-refractivity contribution in [2.75, 3.05) is 0 Å². The normalized spacial score (nSPS) is 12.5. The number of hydrogen-bond acceptors (Lipinski definition) is 6. The summed E-state index contributed by atoms with van der Waals surface area (Å²) in [6.07, 6.45) is 9.65. The number of allylic oxidation sites excluding steroid dienone is 2. The monoisotopic (exact) mass is 762 g/mol. The van der Waals surface area contributed by atoms with Crippen LogP contribution in [-0.2, 0) is 9.59 Å². The topological polar surface area (TPSA) is 95.6 Å². The lowest BCUT2D eigenvalue weighted by atomic mass is 9.88. The number of rotatable bonds is 6. The molecule has 0 radical (unpaired) electrons. The number of carbonyl (C=O) groups excluding carboxylic acids is 2. The van der Waals surface area contributed by atoms with E-state index in [4.69, 9.17) is 0 Å². The van der Waals surface area contributed by atoms with Gasteiger partial charge in [0, 0.05) is 18.0 Å². The van der Waals surface area contributed by atoms with Crippen LogP contribution in [0.4, 0.5) is 0 Å². The Bertz CT molecular complexity index is 1390. The van der Waals surface area contributed by atoms with Gasteiger partial charge in [-0.25, -0.2) is 19.3 Å². The van der Waals surface area contributed by atoms with Crippen molar-refractivity contribution in [3.8, 4) is 0 Å². The Balaban J connectivity index is 0.000000220. The smallest absolute Gasteiger partial charge is 0.186 e. The second-order valence-corrected chi connectivity index (χ2v) is 13.5. The molecule has 4 aromatic rings. The Labute approximate surface area is 262 Å². The third-order valence-electron chi connectivity index (χ3n) is 5.46. The lowest BCUT2D eigenvalue weighted by Crippen LogP contribution is -2.24. The van der Waals surface area contributed by atoms with Crippen molar-refractivity contribution in [1.82, 2.24) is 29.5 Å². The molecule has 8 nitrogen and oxygen atoms in total. The van der Waals surface area contributed by atoms with E-state index in [0.717, 1.165) is 18.3 Å². The Morgan fingerprint density at radius 3 is 1.32 bits per heavy atom. The molecule has 2 aromatic carbocycles. The van der Waals surface area contributed by atoms with E-state index in [0.29, 0.717) is 11.4 Å². The van der Waals surface area contributed by atoms with E-state index in [1.54, 1.807) is 12.7 Å². The van der Waals surface area contributed by atoms with Gasteiger partial charge in [-0.1, -0.05) is 65.8 Å². The molecular weight excluding hydrogens is 730 g/mol. The van der Waals surface area contributed by atoms with E-state index in [1.165, 1.54) is 22.0 Å². The average Bonchev–Trinajstić information content (AvgIpc) is 3.59. The van der Waals surface area contributed by atoms with Crippen LogP contribution in [0.5, 0.6) is 0 Å². The van der Waals surface area contributed by atoms with Gasteiger partial charge in [0.15, 0.2) is 11.6 Å². The fourth-order valence-corrected chi connectivity index (χ4v) is 4.55. The lowest BCUT2D eigenvalue weighted by molar-refractivity contribution is -0.121. The minimum absolute atomic E-state index is 0.0295. The van der Waals surface area contributed by atoms with Crippen molar-refractivity contribution in [2.45, 2.75) is 41.5 Å². The van der Waals surface area contributed by atoms with E-state index in [-0.39, 0.29) is 11.6 Å². The van der Waals surface area contributed by atoms with Gasteiger partial charge in [-0.3, -0.25) is 9.59 Å². The van der Waals surface area contributed by atoms with Crippen molar-refractivity contribution in [2.24, 2.45) is 10.8 Å². The van der Waals surface area contributed by atoms with Gasteiger partial charge in [-0.2, -0.15) is 10.2 Å². The predicted octanol–water partition coefficient (Wildman–Crippen LogP) is 6.99. The fraction of sp³-hybridized carbons (Fsp3) is 0.267. The van der Waals surface area contributed by atoms with Crippen LogP contribution in [0.2, 0.25) is 0 Å². The molecule has 208 valence electrons. The minimum Gasteiger partial charge on any atom is -0.292 e. The summed E-state index contributed by atoms with van der Waals surface area (Å²) in [7, 11) is 0. The van der Waals surface area contributed by atoms with Crippen LogP contribution in [0.15, 0.2) is 73.8 Å². The summed E-state index contributed by atoms with van der Waals surface area (Å²) < 4.78 is 5.29. The molecule has 0 saturated carbocycles. The summed E-state index contributed by atoms with van der Waals surface area (Å²) in [5.41, 5.74) is 2.05. The molecule has 0 fully saturated rings. The molecule has 4 rings (SSSR count). The fourth-order valence-electron chi connectivity index (χ4n) is 3.41. The molecule has 0 aliphatic rings. The molecule has 0 saturated heterocycles. The van der Waals surface area contributed by atoms with Crippen molar-refractivity contribution < 1.29 is 9.59 Å². The van der Waals surface area contributed by atoms with Crippen molar-refractivity contribution in [1.29, 1.82) is 0 Å². The molecule has 10 heteroatoms.